The first-order valence-corrected chi connectivity index (χ1v) is 13.0. The Kier molecular flexibility index (Phi) is 5.25. The van der Waals surface area contributed by atoms with Crippen LogP contribution in [0.15, 0.2) is 42.5 Å². The highest BCUT2D eigenvalue weighted by atomic mass is 28.4. The lowest BCUT2D eigenvalue weighted by Gasteiger charge is -2.32. The molecule has 0 unspecified atom stereocenters. The van der Waals surface area contributed by atoms with Gasteiger partial charge in [0, 0.05) is 16.7 Å². The van der Waals surface area contributed by atoms with Gasteiger partial charge in [0.15, 0.2) is 14.1 Å². The molecule has 2 aromatic rings. The van der Waals surface area contributed by atoms with Crippen LogP contribution in [0.5, 0.6) is 0 Å². The molecule has 4 nitrogen and oxygen atoms in total. The van der Waals surface area contributed by atoms with E-state index in [2.05, 4.69) is 0 Å². The minimum absolute atomic E-state index is 0.180. The van der Waals surface area contributed by atoms with Gasteiger partial charge < -0.3 is 4.43 Å². The summed E-state index contributed by atoms with van der Waals surface area (Å²) in [7, 11) is -1.94. The molecule has 5 heteroatoms. The molecule has 28 heavy (non-hydrogen) atoms. The molecule has 0 heterocycles. The Morgan fingerprint density at radius 2 is 1.46 bits per heavy atom. The minimum Gasteiger partial charge on any atom is -0.405 e. The molecule has 0 N–H and O–H groups in total. The third-order valence-corrected chi connectivity index (χ3v) is 5.98. The van der Waals surface area contributed by atoms with Gasteiger partial charge in [0.05, 0.1) is 0 Å². The molecule has 0 radical (unpaired) electrons. The second kappa shape index (κ2) is 7.22. The van der Waals surface area contributed by atoms with E-state index in [4.69, 9.17) is 4.43 Å². The fraction of sp³-hybridized carbons (Fsp3) is 0.348. The summed E-state index contributed by atoms with van der Waals surface area (Å²) < 4.78 is 6.06. The van der Waals surface area contributed by atoms with E-state index in [0.717, 1.165) is 11.1 Å². The molecule has 0 saturated heterocycles. The second-order valence-electron chi connectivity index (χ2n) is 8.74. The quantitative estimate of drug-likeness (QED) is 0.430. The Morgan fingerprint density at radius 3 is 2.11 bits per heavy atom. The average Bonchev–Trinajstić information content (AvgIpc) is 2.62. The Morgan fingerprint density at radius 1 is 0.893 bits per heavy atom. The predicted octanol–water partition coefficient (Wildman–Crippen LogP) is 4.66. The van der Waals surface area contributed by atoms with Crippen LogP contribution in [0.2, 0.25) is 19.6 Å². The van der Waals surface area contributed by atoms with Gasteiger partial charge in [0.1, 0.15) is 5.60 Å². The summed E-state index contributed by atoms with van der Waals surface area (Å²) >= 11 is 0. The Balaban J connectivity index is 2.00. The van der Waals surface area contributed by atoms with E-state index in [0.29, 0.717) is 29.5 Å². The lowest BCUT2D eigenvalue weighted by atomic mass is 9.85. The number of hydrogen-bond acceptors (Lipinski definition) is 4. The lowest BCUT2D eigenvalue weighted by Crippen LogP contribution is -2.44. The molecule has 0 spiro atoms. The van der Waals surface area contributed by atoms with Crippen LogP contribution in [0.4, 0.5) is 0 Å². The molecule has 1 aliphatic carbocycles. The first-order valence-electron chi connectivity index (χ1n) is 9.54. The van der Waals surface area contributed by atoms with E-state index in [-0.39, 0.29) is 5.78 Å². The molecule has 3 rings (SSSR count). The molecular weight excluding hydrogens is 368 g/mol. The van der Waals surface area contributed by atoms with Crippen LogP contribution in [0.1, 0.15) is 56.0 Å². The van der Waals surface area contributed by atoms with Crippen LogP contribution >= 0.6 is 0 Å². The molecule has 0 aliphatic heterocycles. The molecule has 0 amide bonds. The Labute approximate surface area is 167 Å². The predicted molar refractivity (Wildman–Crippen MR) is 112 cm³/mol. The topological polar surface area (TPSA) is 60.4 Å². The molecule has 0 saturated carbocycles. The molecular formula is C23H26O4Si. The van der Waals surface area contributed by atoms with E-state index < -0.39 is 25.5 Å². The summed E-state index contributed by atoms with van der Waals surface area (Å²) in [5, 5.41) is 0. The first-order chi connectivity index (χ1) is 13.0. The highest BCUT2D eigenvalue weighted by Gasteiger charge is 2.35. The van der Waals surface area contributed by atoms with E-state index in [1.54, 1.807) is 44.2 Å². The summed E-state index contributed by atoms with van der Waals surface area (Å²) in [5.74, 6) is -1.25. The standard InChI is InChI=1S/C23H26O4Si/c1-23(2,27-28(3,4)5)22(26)17-13-12-16-11-10-15-8-6-7-9-18(15)20(24)21(25)19(16)14-17/h6-9,12-14H,10-11H2,1-5H3. The van der Waals surface area contributed by atoms with Gasteiger partial charge in [-0.15, -0.1) is 0 Å². The van der Waals surface area contributed by atoms with E-state index in [9.17, 15) is 14.4 Å². The number of carbonyl (C=O) groups excluding carboxylic acids is 3. The number of Topliss-reactive ketones (excluding diaryl/α,β-unsaturated/α-hetero) is 3. The third-order valence-electron chi connectivity index (χ3n) is 4.86. The van der Waals surface area contributed by atoms with Gasteiger partial charge >= 0.3 is 0 Å². The molecule has 0 bridgehead atoms. The zero-order valence-electron chi connectivity index (χ0n) is 17.1. The van der Waals surface area contributed by atoms with Crippen LogP contribution in [-0.4, -0.2) is 31.3 Å². The molecule has 1 aliphatic rings. The number of ketones is 3. The average molecular weight is 395 g/mol. The maximum Gasteiger partial charge on any atom is 0.233 e. The van der Waals surface area contributed by atoms with Crippen LogP contribution in [0.25, 0.3) is 0 Å². The summed E-state index contributed by atoms with van der Waals surface area (Å²) in [5.41, 5.74) is 1.88. The van der Waals surface area contributed by atoms with Gasteiger partial charge in [-0.3, -0.25) is 14.4 Å². The van der Waals surface area contributed by atoms with Crippen molar-refractivity contribution in [3.05, 3.63) is 70.3 Å². The number of benzene rings is 2. The maximum absolute atomic E-state index is 13.1. The summed E-state index contributed by atoms with van der Waals surface area (Å²) in [6.07, 6.45) is 1.33. The van der Waals surface area contributed by atoms with Crippen molar-refractivity contribution < 1.29 is 18.8 Å². The first kappa shape index (κ1) is 20.4. The number of fused-ring (bicyclic) bond motifs is 2. The second-order valence-corrected chi connectivity index (χ2v) is 13.2. The van der Waals surface area contributed by atoms with Gasteiger partial charge in [-0.2, -0.15) is 0 Å². The van der Waals surface area contributed by atoms with Crippen molar-refractivity contribution in [3.8, 4) is 0 Å². The van der Waals surface area contributed by atoms with Crippen molar-refractivity contribution in [1.82, 2.24) is 0 Å². The van der Waals surface area contributed by atoms with Gasteiger partial charge in [0.25, 0.3) is 0 Å². The van der Waals surface area contributed by atoms with Crippen molar-refractivity contribution in [1.29, 1.82) is 0 Å². The van der Waals surface area contributed by atoms with Crippen molar-refractivity contribution in [2.24, 2.45) is 0 Å². The third kappa shape index (κ3) is 4.05. The minimum atomic E-state index is -1.94. The zero-order valence-corrected chi connectivity index (χ0v) is 18.1. The SMILES string of the molecule is CC(C)(O[Si](C)(C)C)C(=O)c1ccc2c(c1)C(=O)C(=O)c1ccccc1CC2. The maximum atomic E-state index is 13.1. The fourth-order valence-corrected chi connectivity index (χ4v) is 5.40. The highest BCUT2D eigenvalue weighted by Crippen LogP contribution is 2.27. The van der Waals surface area contributed by atoms with Crippen molar-refractivity contribution >= 4 is 25.7 Å². The molecule has 0 fully saturated rings. The van der Waals surface area contributed by atoms with Crippen molar-refractivity contribution in [2.75, 3.05) is 0 Å². The van der Waals surface area contributed by atoms with Crippen LogP contribution in [-0.2, 0) is 17.3 Å². The van der Waals surface area contributed by atoms with Crippen molar-refractivity contribution in [2.45, 2.75) is 51.9 Å². The van der Waals surface area contributed by atoms with Gasteiger partial charge in [0.2, 0.25) is 11.6 Å². The molecule has 0 atom stereocenters. The Bertz CT molecular complexity index is 967. The van der Waals surface area contributed by atoms with Gasteiger partial charge in [-0.25, -0.2) is 0 Å². The molecule has 0 aromatic heterocycles. The number of hydrogen-bond donors (Lipinski definition) is 0. The van der Waals surface area contributed by atoms with Crippen LogP contribution < -0.4 is 0 Å². The van der Waals surface area contributed by atoms with Gasteiger partial charge in [-0.1, -0.05) is 36.4 Å². The smallest absolute Gasteiger partial charge is 0.233 e. The lowest BCUT2D eigenvalue weighted by molar-refractivity contribution is 0.0557. The van der Waals surface area contributed by atoms with E-state index in [1.165, 1.54) is 0 Å². The zero-order chi connectivity index (χ0) is 20.7. The normalized spacial score (nSPS) is 14.8. The Hall–Kier alpha value is -2.37. The van der Waals surface area contributed by atoms with Gasteiger partial charge in [-0.05, 0) is 63.5 Å². The number of aryl methyl sites for hydroxylation is 2. The van der Waals surface area contributed by atoms with E-state index in [1.807, 2.05) is 31.8 Å². The largest absolute Gasteiger partial charge is 0.405 e. The summed E-state index contributed by atoms with van der Waals surface area (Å²) in [6.45, 7) is 9.60. The van der Waals surface area contributed by atoms with Crippen molar-refractivity contribution in [3.63, 3.8) is 0 Å². The summed E-state index contributed by atoms with van der Waals surface area (Å²) in [4.78, 5) is 38.8. The fourth-order valence-electron chi connectivity index (χ4n) is 3.78. The molecule has 2 aromatic carbocycles. The molecule has 146 valence electrons. The monoisotopic (exact) mass is 394 g/mol. The number of rotatable bonds is 4. The van der Waals surface area contributed by atoms with E-state index >= 15 is 0 Å². The van der Waals surface area contributed by atoms with Crippen LogP contribution in [0.3, 0.4) is 0 Å². The summed E-state index contributed by atoms with van der Waals surface area (Å²) in [6, 6.07) is 12.3. The van der Waals surface area contributed by atoms with Crippen LogP contribution in [0, 0.1) is 0 Å². The highest BCUT2D eigenvalue weighted by molar-refractivity contribution is 6.70. The number of carbonyl (C=O) groups is 3.